The summed E-state index contributed by atoms with van der Waals surface area (Å²) in [5.41, 5.74) is 5.77. The van der Waals surface area contributed by atoms with Gasteiger partial charge in [-0.1, -0.05) is 63.8 Å². The van der Waals surface area contributed by atoms with Crippen molar-refractivity contribution in [1.29, 1.82) is 0 Å². The van der Waals surface area contributed by atoms with Gasteiger partial charge >= 0.3 is 0 Å². The minimum absolute atomic E-state index is 0.548. The van der Waals surface area contributed by atoms with Gasteiger partial charge in [-0.2, -0.15) is 0 Å². The molecule has 0 fully saturated rings. The van der Waals surface area contributed by atoms with Crippen molar-refractivity contribution in [1.82, 2.24) is 0 Å². The number of hydrogen-bond acceptors (Lipinski definition) is 0. The van der Waals surface area contributed by atoms with Crippen molar-refractivity contribution < 1.29 is 0 Å². The van der Waals surface area contributed by atoms with Crippen LogP contribution in [0.2, 0.25) is 0 Å². The Balaban J connectivity index is 1.91. The van der Waals surface area contributed by atoms with Crippen LogP contribution in [0.1, 0.15) is 63.0 Å². The highest BCUT2D eigenvalue weighted by Gasteiger charge is 2.29. The third kappa shape index (κ3) is 2.77. The fourth-order valence-electron chi connectivity index (χ4n) is 3.69. The van der Waals surface area contributed by atoms with Crippen LogP contribution in [0.3, 0.4) is 0 Å². The van der Waals surface area contributed by atoms with Crippen LogP contribution in [0.4, 0.5) is 0 Å². The highest BCUT2D eigenvalue weighted by atomic mass is 14.3. The Kier molecular flexibility index (Phi) is 4.43. The van der Waals surface area contributed by atoms with E-state index in [0.717, 1.165) is 5.92 Å². The topological polar surface area (TPSA) is 0 Å². The molecule has 2 aromatic carbocycles. The number of hydrogen-bond donors (Lipinski definition) is 0. The summed E-state index contributed by atoms with van der Waals surface area (Å²) in [5, 5.41) is 0. The van der Waals surface area contributed by atoms with Crippen LogP contribution in [0.25, 0.3) is 11.1 Å². The largest absolute Gasteiger partial charge is 0.0654 e. The van der Waals surface area contributed by atoms with Gasteiger partial charge in [0.05, 0.1) is 0 Å². The Bertz CT molecular complexity index is 551. The lowest BCUT2D eigenvalue weighted by atomic mass is 9.84. The van der Waals surface area contributed by atoms with Crippen LogP contribution in [-0.4, -0.2) is 0 Å². The summed E-state index contributed by atoms with van der Waals surface area (Å²) in [6, 6.07) is 19.5. The third-order valence-corrected chi connectivity index (χ3v) is 4.95. The molecule has 0 bridgehead atoms. The lowest BCUT2D eigenvalue weighted by molar-refractivity contribution is 0.404. The summed E-state index contributed by atoms with van der Waals surface area (Å²) in [4.78, 5) is 0. The first kappa shape index (κ1) is 14.4. The van der Waals surface area contributed by atoms with E-state index in [1.807, 2.05) is 12.1 Å². The van der Waals surface area contributed by atoms with E-state index in [0.29, 0.717) is 5.92 Å². The molecule has 0 saturated carbocycles. The van der Waals surface area contributed by atoms with E-state index in [9.17, 15) is 0 Å². The molecule has 0 heterocycles. The van der Waals surface area contributed by atoms with Crippen molar-refractivity contribution in [2.45, 2.75) is 51.9 Å². The summed E-state index contributed by atoms with van der Waals surface area (Å²) in [6.45, 7) is 4.63. The van der Waals surface area contributed by atoms with Crippen LogP contribution in [0.15, 0.2) is 36.4 Å². The molecule has 0 aliphatic heterocycles. The Morgan fingerprint density at radius 1 is 1.00 bits per heavy atom. The van der Waals surface area contributed by atoms with Gasteiger partial charge in [-0.05, 0) is 58.9 Å². The zero-order chi connectivity index (χ0) is 14.7. The van der Waals surface area contributed by atoms with Gasteiger partial charge in [-0.15, -0.1) is 0 Å². The summed E-state index contributed by atoms with van der Waals surface area (Å²) in [7, 11) is 0. The van der Waals surface area contributed by atoms with E-state index in [-0.39, 0.29) is 0 Å². The lowest BCUT2D eigenvalue weighted by Gasteiger charge is -2.21. The second-order valence-corrected chi connectivity index (χ2v) is 6.23. The van der Waals surface area contributed by atoms with Crippen LogP contribution in [0, 0.1) is 18.1 Å². The number of rotatable bonds is 6. The summed E-state index contributed by atoms with van der Waals surface area (Å²) in [6.07, 6.45) is 6.57. The zero-order valence-corrected chi connectivity index (χ0v) is 13.2. The molecule has 1 aliphatic rings. The predicted molar refractivity (Wildman–Crippen MR) is 89.3 cm³/mol. The monoisotopic (exact) mass is 276 g/mol. The van der Waals surface area contributed by atoms with Crippen LogP contribution in [-0.2, 0) is 0 Å². The van der Waals surface area contributed by atoms with E-state index in [1.165, 1.54) is 54.4 Å². The van der Waals surface area contributed by atoms with Crippen LogP contribution in [0.5, 0.6) is 0 Å². The molecule has 3 rings (SSSR count). The first-order valence-corrected chi connectivity index (χ1v) is 8.35. The standard InChI is InChI=1S/C21H24/c1-3-5-10-16(4-2)15-21-19-13-8-6-11-17(19)18-12-7-9-14-20(18)21/h6-7,11-14,16,21H,3-5,10,15H2,1-2H3. The quantitative estimate of drug-likeness (QED) is 0.606. The molecule has 0 aromatic heterocycles. The summed E-state index contributed by atoms with van der Waals surface area (Å²) >= 11 is 0. The van der Waals surface area contributed by atoms with Gasteiger partial charge in [-0.25, -0.2) is 0 Å². The summed E-state index contributed by atoms with van der Waals surface area (Å²) < 4.78 is 0. The Labute approximate surface area is 129 Å². The molecule has 0 nitrogen and oxygen atoms in total. The molecule has 0 spiro atoms. The van der Waals surface area contributed by atoms with E-state index < -0.39 is 0 Å². The molecule has 0 heteroatoms. The first-order valence-electron chi connectivity index (χ1n) is 8.35. The molecular formula is C21H24. The SMILES string of the molecule is CCCCC(CC)CC1c2c[c]ccc2-c2cc[c]cc21. The van der Waals surface area contributed by atoms with Crippen molar-refractivity contribution in [2.24, 2.45) is 5.92 Å². The van der Waals surface area contributed by atoms with Crippen molar-refractivity contribution in [3.63, 3.8) is 0 Å². The average Bonchev–Trinajstić information content (AvgIpc) is 2.86. The van der Waals surface area contributed by atoms with Crippen molar-refractivity contribution in [3.8, 4) is 11.1 Å². The maximum atomic E-state index is 3.28. The molecule has 1 atom stereocenters. The van der Waals surface area contributed by atoms with Crippen LogP contribution >= 0.6 is 0 Å². The van der Waals surface area contributed by atoms with Crippen molar-refractivity contribution in [2.75, 3.05) is 0 Å². The molecule has 2 radical (unpaired) electrons. The molecule has 2 aromatic rings. The third-order valence-electron chi connectivity index (χ3n) is 4.95. The fraction of sp³-hybridized carbons (Fsp3) is 0.429. The van der Waals surface area contributed by atoms with E-state index in [1.54, 1.807) is 0 Å². The molecule has 1 unspecified atom stereocenters. The summed E-state index contributed by atoms with van der Waals surface area (Å²) in [5.74, 6) is 1.38. The van der Waals surface area contributed by atoms with Gasteiger partial charge in [0.1, 0.15) is 0 Å². The smallest absolute Gasteiger partial charge is 0.0105 e. The minimum Gasteiger partial charge on any atom is -0.0654 e. The van der Waals surface area contributed by atoms with Crippen molar-refractivity contribution in [3.05, 3.63) is 59.7 Å². The molecule has 0 N–H and O–H groups in total. The van der Waals surface area contributed by atoms with E-state index in [4.69, 9.17) is 0 Å². The van der Waals surface area contributed by atoms with Gasteiger partial charge in [0.2, 0.25) is 0 Å². The highest BCUT2D eigenvalue weighted by molar-refractivity contribution is 5.78. The minimum atomic E-state index is 0.548. The maximum Gasteiger partial charge on any atom is 0.0105 e. The van der Waals surface area contributed by atoms with Gasteiger partial charge in [-0.3, -0.25) is 0 Å². The maximum absolute atomic E-state index is 3.28. The van der Waals surface area contributed by atoms with E-state index in [2.05, 4.69) is 50.2 Å². The Morgan fingerprint density at radius 2 is 1.62 bits per heavy atom. The Hall–Kier alpha value is -1.56. The molecule has 0 saturated heterocycles. The highest BCUT2D eigenvalue weighted by Crippen LogP contribution is 2.47. The molecule has 21 heavy (non-hydrogen) atoms. The number of unbranched alkanes of at least 4 members (excludes halogenated alkanes) is 1. The van der Waals surface area contributed by atoms with Gasteiger partial charge in [0.15, 0.2) is 0 Å². The van der Waals surface area contributed by atoms with Gasteiger partial charge in [0.25, 0.3) is 0 Å². The number of benzene rings is 2. The number of fused-ring (bicyclic) bond motifs is 3. The van der Waals surface area contributed by atoms with Gasteiger partial charge < -0.3 is 0 Å². The molecule has 108 valence electrons. The second kappa shape index (κ2) is 6.47. The van der Waals surface area contributed by atoms with Gasteiger partial charge in [0, 0.05) is 5.92 Å². The molecular weight excluding hydrogens is 252 g/mol. The van der Waals surface area contributed by atoms with Crippen LogP contribution < -0.4 is 0 Å². The normalized spacial score (nSPS) is 14.8. The molecule has 0 amide bonds. The fourth-order valence-corrected chi connectivity index (χ4v) is 3.69. The Morgan fingerprint density at radius 3 is 2.14 bits per heavy atom. The zero-order valence-electron chi connectivity index (χ0n) is 13.2. The second-order valence-electron chi connectivity index (χ2n) is 6.23. The molecule has 1 aliphatic carbocycles. The predicted octanol–water partition coefficient (Wildman–Crippen LogP) is 6.01. The average molecular weight is 276 g/mol. The lowest BCUT2D eigenvalue weighted by Crippen LogP contribution is -2.06. The van der Waals surface area contributed by atoms with Crippen molar-refractivity contribution >= 4 is 0 Å². The first-order chi connectivity index (χ1) is 10.3. The van der Waals surface area contributed by atoms with E-state index >= 15 is 0 Å².